The smallest absolute Gasteiger partial charge is 0.0405 e. The number of benzene rings is 1. The predicted molar refractivity (Wildman–Crippen MR) is 45.6 cm³/mol. The van der Waals surface area contributed by atoms with Crippen molar-refractivity contribution >= 4 is 11.9 Å². The van der Waals surface area contributed by atoms with Gasteiger partial charge in [0.25, 0.3) is 0 Å². The summed E-state index contributed by atoms with van der Waals surface area (Å²) in [6, 6.07) is 5.63. The summed E-state index contributed by atoms with van der Waals surface area (Å²) in [7, 11) is 0. The Balaban J connectivity index is 0.000001000. The van der Waals surface area contributed by atoms with Crippen molar-refractivity contribution in [2.24, 2.45) is 0 Å². The highest BCUT2D eigenvalue weighted by atomic mass is 14.6. The van der Waals surface area contributed by atoms with Crippen LogP contribution in [0.2, 0.25) is 0 Å². The van der Waals surface area contributed by atoms with E-state index < -0.39 is 0 Å². The minimum Gasteiger partial charge on any atom is -0.398 e. The molecule has 1 rings (SSSR count). The minimum atomic E-state index is 0. The molecule has 1 aromatic rings. The van der Waals surface area contributed by atoms with Gasteiger partial charge in [-0.15, -0.1) is 0 Å². The first kappa shape index (κ1) is 6.81. The van der Waals surface area contributed by atoms with Crippen LogP contribution in [-0.2, 0) is 0 Å². The number of nitrogen functional groups attached to an aromatic ring is 1. The van der Waals surface area contributed by atoms with Gasteiger partial charge in [-0.05, 0) is 18.6 Å². The first-order valence-corrected chi connectivity index (χ1v) is 3.11. The maximum atomic E-state index is 7.02. The number of rotatable bonds is 1. The largest absolute Gasteiger partial charge is 0.398 e. The maximum Gasteiger partial charge on any atom is 0.0405 e. The van der Waals surface area contributed by atoms with Gasteiger partial charge in [-0.2, -0.15) is 0 Å². The molecular formula is C8H12N2. The van der Waals surface area contributed by atoms with E-state index in [0.717, 1.165) is 11.1 Å². The van der Waals surface area contributed by atoms with Crippen molar-refractivity contribution in [2.45, 2.75) is 6.92 Å². The standard InChI is InChI=1S/C8H10N2.H2/c1-6-3-2-4-8(10)7(6)5-9;/h2-5,9H,10H2,1H3;1H. The number of hydrogen-bond donors (Lipinski definition) is 2. The van der Waals surface area contributed by atoms with Gasteiger partial charge in [0.2, 0.25) is 0 Å². The van der Waals surface area contributed by atoms with Crippen molar-refractivity contribution in [3.05, 3.63) is 29.3 Å². The van der Waals surface area contributed by atoms with Gasteiger partial charge in [-0.3, -0.25) is 0 Å². The fourth-order valence-corrected chi connectivity index (χ4v) is 0.901. The Labute approximate surface area is 61.7 Å². The third-order valence-corrected chi connectivity index (χ3v) is 1.50. The fraction of sp³-hybridized carbons (Fsp3) is 0.125. The van der Waals surface area contributed by atoms with Crippen LogP contribution in [0.15, 0.2) is 18.2 Å². The molecule has 0 fully saturated rings. The number of hydrogen-bond acceptors (Lipinski definition) is 2. The van der Waals surface area contributed by atoms with Gasteiger partial charge in [-0.1, -0.05) is 12.1 Å². The Morgan fingerprint density at radius 3 is 2.70 bits per heavy atom. The van der Waals surface area contributed by atoms with Crippen molar-refractivity contribution in [1.82, 2.24) is 0 Å². The van der Waals surface area contributed by atoms with Crippen molar-refractivity contribution in [3.63, 3.8) is 0 Å². The Kier molecular flexibility index (Phi) is 1.71. The maximum absolute atomic E-state index is 7.02. The van der Waals surface area contributed by atoms with Crippen LogP contribution in [0.25, 0.3) is 0 Å². The van der Waals surface area contributed by atoms with Gasteiger partial charge in [0.1, 0.15) is 0 Å². The molecule has 0 bridgehead atoms. The van der Waals surface area contributed by atoms with E-state index in [1.807, 2.05) is 19.1 Å². The molecule has 0 aliphatic rings. The molecule has 0 unspecified atom stereocenters. The van der Waals surface area contributed by atoms with Crippen LogP contribution in [-0.4, -0.2) is 6.21 Å². The summed E-state index contributed by atoms with van der Waals surface area (Å²) in [6.07, 6.45) is 1.28. The van der Waals surface area contributed by atoms with E-state index in [0.29, 0.717) is 5.69 Å². The zero-order valence-electron chi connectivity index (χ0n) is 5.89. The first-order chi connectivity index (χ1) is 4.75. The summed E-state index contributed by atoms with van der Waals surface area (Å²) >= 11 is 0. The van der Waals surface area contributed by atoms with Crippen LogP contribution in [0.3, 0.4) is 0 Å². The lowest BCUT2D eigenvalue weighted by Gasteiger charge is -2.01. The summed E-state index contributed by atoms with van der Waals surface area (Å²) in [5, 5.41) is 7.02. The van der Waals surface area contributed by atoms with E-state index >= 15 is 0 Å². The molecule has 3 N–H and O–H groups in total. The molecule has 0 saturated carbocycles. The third-order valence-electron chi connectivity index (χ3n) is 1.50. The molecule has 0 aliphatic carbocycles. The van der Waals surface area contributed by atoms with Crippen molar-refractivity contribution in [1.29, 1.82) is 5.41 Å². The minimum absolute atomic E-state index is 0. The van der Waals surface area contributed by atoms with Crippen LogP contribution < -0.4 is 5.73 Å². The van der Waals surface area contributed by atoms with Gasteiger partial charge in [0.05, 0.1) is 0 Å². The highest BCUT2D eigenvalue weighted by molar-refractivity contribution is 5.86. The zero-order valence-corrected chi connectivity index (χ0v) is 5.89. The lowest BCUT2D eigenvalue weighted by molar-refractivity contribution is 1.43. The molecule has 0 spiro atoms. The molecule has 0 amide bonds. The average molecular weight is 136 g/mol. The summed E-state index contributed by atoms with van der Waals surface area (Å²) in [5.74, 6) is 0. The van der Waals surface area contributed by atoms with Crippen LogP contribution in [0, 0.1) is 12.3 Å². The van der Waals surface area contributed by atoms with Crippen LogP contribution in [0.5, 0.6) is 0 Å². The second kappa shape index (κ2) is 2.52. The van der Waals surface area contributed by atoms with E-state index in [-0.39, 0.29) is 1.43 Å². The lowest BCUT2D eigenvalue weighted by Crippen LogP contribution is -1.94. The Hall–Kier alpha value is -1.31. The van der Waals surface area contributed by atoms with E-state index in [9.17, 15) is 0 Å². The highest BCUT2D eigenvalue weighted by Crippen LogP contribution is 2.12. The van der Waals surface area contributed by atoms with Crippen LogP contribution in [0.4, 0.5) is 5.69 Å². The second-order valence-electron chi connectivity index (χ2n) is 2.22. The zero-order chi connectivity index (χ0) is 7.56. The van der Waals surface area contributed by atoms with Gasteiger partial charge in [0, 0.05) is 18.9 Å². The normalized spacial score (nSPS) is 9.30. The predicted octanol–water partition coefficient (Wildman–Crippen LogP) is 1.82. The van der Waals surface area contributed by atoms with E-state index in [4.69, 9.17) is 11.1 Å². The monoisotopic (exact) mass is 136 g/mol. The average Bonchev–Trinajstić information content (AvgIpc) is 1.88. The number of anilines is 1. The summed E-state index contributed by atoms with van der Waals surface area (Å²) in [5.41, 5.74) is 8.13. The Bertz CT molecular complexity index is 238. The molecule has 2 heteroatoms. The molecule has 0 heterocycles. The van der Waals surface area contributed by atoms with E-state index in [1.165, 1.54) is 6.21 Å². The Morgan fingerprint density at radius 1 is 1.60 bits per heavy atom. The van der Waals surface area contributed by atoms with Gasteiger partial charge < -0.3 is 11.1 Å². The lowest BCUT2D eigenvalue weighted by atomic mass is 10.1. The fourth-order valence-electron chi connectivity index (χ4n) is 0.901. The molecule has 0 saturated heterocycles. The molecule has 2 nitrogen and oxygen atoms in total. The molecule has 0 aliphatic heterocycles. The SMILES string of the molecule is Cc1cccc(N)c1C=N.[HH]. The number of nitrogens with one attached hydrogen (secondary N) is 1. The molecule has 0 aromatic heterocycles. The number of nitrogens with two attached hydrogens (primary N) is 1. The summed E-state index contributed by atoms with van der Waals surface area (Å²) in [6.45, 7) is 1.94. The highest BCUT2D eigenvalue weighted by Gasteiger charge is 1.96. The second-order valence-corrected chi connectivity index (χ2v) is 2.22. The molecule has 0 atom stereocenters. The van der Waals surface area contributed by atoms with Gasteiger partial charge >= 0.3 is 0 Å². The quantitative estimate of drug-likeness (QED) is 0.449. The number of aryl methyl sites for hydroxylation is 1. The molecule has 1 aromatic carbocycles. The van der Waals surface area contributed by atoms with Crippen molar-refractivity contribution < 1.29 is 1.43 Å². The molecule has 10 heavy (non-hydrogen) atoms. The molecule has 0 radical (unpaired) electrons. The molecular weight excluding hydrogens is 124 g/mol. The Morgan fingerprint density at radius 2 is 2.30 bits per heavy atom. The van der Waals surface area contributed by atoms with E-state index in [1.54, 1.807) is 6.07 Å². The third kappa shape index (κ3) is 1.00. The summed E-state index contributed by atoms with van der Waals surface area (Å²) < 4.78 is 0. The van der Waals surface area contributed by atoms with Crippen LogP contribution >= 0.6 is 0 Å². The van der Waals surface area contributed by atoms with Crippen molar-refractivity contribution in [3.8, 4) is 0 Å². The van der Waals surface area contributed by atoms with Gasteiger partial charge in [-0.25, -0.2) is 0 Å². The topological polar surface area (TPSA) is 49.9 Å². The van der Waals surface area contributed by atoms with Gasteiger partial charge in [0.15, 0.2) is 0 Å². The summed E-state index contributed by atoms with van der Waals surface area (Å²) in [4.78, 5) is 0. The first-order valence-electron chi connectivity index (χ1n) is 3.11. The van der Waals surface area contributed by atoms with E-state index in [2.05, 4.69) is 0 Å². The van der Waals surface area contributed by atoms with Crippen LogP contribution in [0.1, 0.15) is 12.6 Å². The van der Waals surface area contributed by atoms with Crippen molar-refractivity contribution in [2.75, 3.05) is 5.73 Å². The molecule has 54 valence electrons.